The number of hydrogen-bond acceptors (Lipinski definition) is 7. The standard InChI is InChI=1S/C31H32N2O6/c1-20-8-4-5-9-23(20)30(35)22-10-12-27-25(18-22)29-28(33(27)14-6-16-37-17-7-15-36-3)13-11-24-26(19-38-31(24)29)32-39-21(2)34/h4-5,8-13,18H,6-7,14-17,19H2,1-3H3/b32-26+. The van der Waals surface area contributed by atoms with Crippen LogP contribution < -0.4 is 4.74 Å². The van der Waals surface area contributed by atoms with Gasteiger partial charge in [-0.2, -0.15) is 0 Å². The van der Waals surface area contributed by atoms with Crippen LogP contribution >= 0.6 is 0 Å². The van der Waals surface area contributed by atoms with Gasteiger partial charge in [0.25, 0.3) is 0 Å². The largest absolute Gasteiger partial charge is 0.486 e. The molecule has 39 heavy (non-hydrogen) atoms. The number of carbonyl (C=O) groups excluding carboxylic acids is 2. The van der Waals surface area contributed by atoms with E-state index in [0.717, 1.165) is 52.3 Å². The molecule has 0 N–H and O–H groups in total. The lowest BCUT2D eigenvalue weighted by Crippen LogP contribution is -2.06. The van der Waals surface area contributed by atoms with Crippen molar-refractivity contribution in [2.75, 3.05) is 33.5 Å². The van der Waals surface area contributed by atoms with Crippen LogP contribution in [-0.4, -0.2) is 55.6 Å². The highest BCUT2D eigenvalue weighted by Crippen LogP contribution is 2.41. The molecule has 2 heterocycles. The highest BCUT2D eigenvalue weighted by Gasteiger charge is 2.27. The molecule has 4 aromatic rings. The molecule has 0 spiro atoms. The fraction of sp³-hybridized carbons (Fsp3) is 0.323. The molecule has 0 saturated carbocycles. The smallest absolute Gasteiger partial charge is 0.331 e. The molecule has 0 atom stereocenters. The number of aryl methyl sites for hydroxylation is 2. The molecule has 3 aromatic carbocycles. The SMILES string of the molecule is COCCCOCCCn1c2ccc(C(=O)c3ccccc3C)cc2c2c3c(ccc21)/C(=N/OC(C)=O)CO3. The second-order valence-corrected chi connectivity index (χ2v) is 9.59. The lowest BCUT2D eigenvalue weighted by atomic mass is 9.97. The van der Waals surface area contributed by atoms with Crippen molar-refractivity contribution in [2.45, 2.75) is 33.2 Å². The molecule has 1 aliphatic heterocycles. The van der Waals surface area contributed by atoms with Crippen LogP contribution in [0.1, 0.15) is 46.8 Å². The van der Waals surface area contributed by atoms with Crippen molar-refractivity contribution < 1.29 is 28.6 Å². The van der Waals surface area contributed by atoms with Gasteiger partial charge >= 0.3 is 5.97 Å². The summed E-state index contributed by atoms with van der Waals surface area (Å²) in [5, 5.41) is 5.84. The van der Waals surface area contributed by atoms with E-state index in [0.29, 0.717) is 42.4 Å². The molecule has 8 nitrogen and oxygen atoms in total. The van der Waals surface area contributed by atoms with Crippen LogP contribution in [0.5, 0.6) is 5.75 Å². The number of aromatic nitrogens is 1. The number of oxime groups is 1. The maximum Gasteiger partial charge on any atom is 0.331 e. The summed E-state index contributed by atoms with van der Waals surface area (Å²) in [4.78, 5) is 29.7. The van der Waals surface area contributed by atoms with Crippen LogP contribution in [0.15, 0.2) is 59.8 Å². The van der Waals surface area contributed by atoms with Crippen LogP contribution in [0.25, 0.3) is 21.8 Å². The van der Waals surface area contributed by atoms with E-state index in [1.807, 2.05) is 61.5 Å². The minimum Gasteiger partial charge on any atom is -0.486 e. The summed E-state index contributed by atoms with van der Waals surface area (Å²) in [7, 11) is 1.69. The number of fused-ring (bicyclic) bond motifs is 5. The molecule has 1 aromatic heterocycles. The van der Waals surface area contributed by atoms with Crippen molar-refractivity contribution in [3.8, 4) is 5.75 Å². The summed E-state index contributed by atoms with van der Waals surface area (Å²) >= 11 is 0. The third kappa shape index (κ3) is 5.44. The van der Waals surface area contributed by atoms with E-state index in [2.05, 4.69) is 9.72 Å². The summed E-state index contributed by atoms with van der Waals surface area (Å²) in [6.07, 6.45) is 1.69. The molecule has 202 valence electrons. The van der Waals surface area contributed by atoms with E-state index in [-0.39, 0.29) is 12.4 Å². The van der Waals surface area contributed by atoms with E-state index in [1.165, 1.54) is 6.92 Å². The predicted octanol–water partition coefficient (Wildman–Crippen LogP) is 5.44. The topological polar surface area (TPSA) is 88.4 Å². The first kappa shape index (κ1) is 26.6. The Morgan fingerprint density at radius 2 is 1.79 bits per heavy atom. The van der Waals surface area contributed by atoms with Crippen molar-refractivity contribution in [3.63, 3.8) is 0 Å². The number of benzene rings is 3. The summed E-state index contributed by atoms with van der Waals surface area (Å²) in [6, 6.07) is 17.5. The molecular weight excluding hydrogens is 496 g/mol. The quantitative estimate of drug-likeness (QED) is 0.112. The van der Waals surface area contributed by atoms with Gasteiger partial charge in [-0.05, 0) is 55.7 Å². The second kappa shape index (κ2) is 11.8. The molecule has 0 amide bonds. The number of methoxy groups -OCH3 is 1. The van der Waals surface area contributed by atoms with E-state index in [9.17, 15) is 9.59 Å². The normalized spacial score (nSPS) is 13.7. The van der Waals surface area contributed by atoms with Crippen molar-refractivity contribution >= 4 is 39.3 Å². The van der Waals surface area contributed by atoms with Crippen LogP contribution in [0.2, 0.25) is 0 Å². The van der Waals surface area contributed by atoms with Gasteiger partial charge in [0.05, 0.1) is 10.9 Å². The lowest BCUT2D eigenvalue weighted by Gasteiger charge is -2.09. The fourth-order valence-corrected chi connectivity index (χ4v) is 5.05. The van der Waals surface area contributed by atoms with Crippen molar-refractivity contribution in [3.05, 3.63) is 76.9 Å². The second-order valence-electron chi connectivity index (χ2n) is 9.59. The van der Waals surface area contributed by atoms with Gasteiger partial charge in [-0.25, -0.2) is 4.79 Å². The summed E-state index contributed by atoms with van der Waals surface area (Å²) in [6.45, 7) is 6.18. The number of hydrogen-bond donors (Lipinski definition) is 0. The van der Waals surface area contributed by atoms with Gasteiger partial charge in [-0.1, -0.05) is 29.4 Å². The van der Waals surface area contributed by atoms with E-state index >= 15 is 0 Å². The Bertz CT molecular complexity index is 1570. The number of ether oxygens (including phenoxy) is 3. The van der Waals surface area contributed by atoms with Gasteiger partial charge in [0.2, 0.25) is 0 Å². The molecule has 0 aliphatic carbocycles. The fourth-order valence-electron chi connectivity index (χ4n) is 5.05. The monoisotopic (exact) mass is 528 g/mol. The molecule has 0 saturated heterocycles. The molecule has 1 aliphatic rings. The maximum atomic E-state index is 13.5. The number of ketones is 1. The Morgan fingerprint density at radius 1 is 1.00 bits per heavy atom. The maximum absolute atomic E-state index is 13.5. The molecule has 0 fully saturated rings. The molecular formula is C31H32N2O6. The zero-order valence-electron chi connectivity index (χ0n) is 22.5. The van der Waals surface area contributed by atoms with Crippen LogP contribution in [-0.2, 0) is 25.7 Å². The summed E-state index contributed by atoms with van der Waals surface area (Å²) in [5.74, 6) is 0.168. The first-order chi connectivity index (χ1) is 19.0. The van der Waals surface area contributed by atoms with Crippen molar-refractivity contribution in [1.29, 1.82) is 0 Å². The average Bonchev–Trinajstić information content (AvgIpc) is 3.49. The Kier molecular flexibility index (Phi) is 8.05. The highest BCUT2D eigenvalue weighted by molar-refractivity contribution is 6.20. The minimum atomic E-state index is -0.488. The van der Waals surface area contributed by atoms with Crippen LogP contribution in [0.4, 0.5) is 0 Å². The molecule has 0 unspecified atom stereocenters. The molecule has 5 rings (SSSR count). The first-order valence-corrected chi connectivity index (χ1v) is 13.1. The molecule has 0 bridgehead atoms. The first-order valence-electron chi connectivity index (χ1n) is 13.1. The minimum absolute atomic E-state index is 0.0223. The number of nitrogens with zero attached hydrogens (tertiary/aromatic N) is 2. The third-order valence-corrected chi connectivity index (χ3v) is 6.89. The van der Waals surface area contributed by atoms with Gasteiger partial charge in [0.15, 0.2) is 5.78 Å². The van der Waals surface area contributed by atoms with Crippen molar-refractivity contribution in [2.24, 2.45) is 5.16 Å². The summed E-state index contributed by atoms with van der Waals surface area (Å²) < 4.78 is 19.2. The van der Waals surface area contributed by atoms with Crippen molar-refractivity contribution in [1.82, 2.24) is 4.57 Å². The average molecular weight is 529 g/mol. The Labute approximate surface area is 227 Å². The van der Waals surface area contributed by atoms with Gasteiger partial charge in [0.1, 0.15) is 18.1 Å². The van der Waals surface area contributed by atoms with Gasteiger partial charge in [-0.3, -0.25) is 4.79 Å². The highest BCUT2D eigenvalue weighted by atomic mass is 16.7. The third-order valence-electron chi connectivity index (χ3n) is 6.89. The van der Waals surface area contributed by atoms with Gasteiger partial charge in [0, 0.05) is 68.0 Å². The Morgan fingerprint density at radius 3 is 2.59 bits per heavy atom. The Balaban J connectivity index is 1.56. The molecule has 0 radical (unpaired) electrons. The van der Waals surface area contributed by atoms with Crippen LogP contribution in [0, 0.1) is 6.92 Å². The van der Waals surface area contributed by atoms with Gasteiger partial charge < -0.3 is 23.6 Å². The Hall–Kier alpha value is -4.01. The number of carbonyl (C=O) groups is 2. The lowest BCUT2D eigenvalue weighted by molar-refractivity contribution is -0.140. The van der Waals surface area contributed by atoms with Gasteiger partial charge in [-0.15, -0.1) is 0 Å². The van der Waals surface area contributed by atoms with E-state index in [1.54, 1.807) is 7.11 Å². The predicted molar refractivity (Wildman–Crippen MR) is 150 cm³/mol. The number of rotatable bonds is 11. The summed E-state index contributed by atoms with van der Waals surface area (Å²) in [5.41, 5.74) is 5.57. The van der Waals surface area contributed by atoms with E-state index in [4.69, 9.17) is 19.0 Å². The van der Waals surface area contributed by atoms with E-state index < -0.39 is 5.97 Å². The zero-order valence-corrected chi connectivity index (χ0v) is 22.5. The molecule has 8 heteroatoms. The van der Waals surface area contributed by atoms with Crippen LogP contribution in [0.3, 0.4) is 0 Å². The zero-order chi connectivity index (χ0) is 27.4.